The molecule has 17 heavy (non-hydrogen) atoms. The molecule has 0 amide bonds. The van der Waals surface area contributed by atoms with Crippen LogP contribution in [-0.2, 0) is 19.6 Å². The number of rotatable bonds is 4. The first kappa shape index (κ1) is 13.9. The number of aliphatic carboxylic acids is 1. The van der Waals surface area contributed by atoms with Crippen molar-refractivity contribution in [2.24, 2.45) is 0 Å². The molecular formula is C9H14N2O5S. The van der Waals surface area contributed by atoms with E-state index in [2.05, 4.69) is 0 Å². The highest BCUT2D eigenvalue weighted by Crippen LogP contribution is 2.25. The molecule has 1 rings (SSSR count). The van der Waals surface area contributed by atoms with Gasteiger partial charge in [0.1, 0.15) is 6.04 Å². The van der Waals surface area contributed by atoms with E-state index in [9.17, 15) is 13.2 Å². The Morgan fingerprint density at radius 2 is 2.24 bits per heavy atom. The van der Waals surface area contributed by atoms with E-state index in [4.69, 9.17) is 15.1 Å². The largest absolute Gasteiger partial charge is 0.480 e. The molecular weight excluding hydrogens is 248 g/mol. The zero-order chi connectivity index (χ0) is 13.2. The van der Waals surface area contributed by atoms with Crippen molar-refractivity contribution in [1.82, 2.24) is 4.31 Å². The quantitative estimate of drug-likeness (QED) is 0.725. The van der Waals surface area contributed by atoms with Crippen LogP contribution in [0.1, 0.15) is 13.3 Å². The molecule has 1 N–H and O–H groups in total. The molecule has 0 saturated carbocycles. The molecule has 0 aliphatic carbocycles. The number of nitrogens with zero attached hydrogens (tertiary/aromatic N) is 2. The average Bonchev–Trinajstić information content (AvgIpc) is 2.72. The molecule has 1 fully saturated rings. The van der Waals surface area contributed by atoms with Gasteiger partial charge in [-0.1, -0.05) is 0 Å². The van der Waals surface area contributed by atoms with Crippen LogP contribution in [0.15, 0.2) is 0 Å². The molecule has 3 atom stereocenters. The summed E-state index contributed by atoms with van der Waals surface area (Å²) in [6.07, 6.45) is -0.347. The SMILES string of the molecule is COC1CC(C(=O)O)N(S(=O)(=O)C(C)C#N)C1. The molecule has 7 nitrogen and oxygen atoms in total. The van der Waals surface area contributed by atoms with Crippen molar-refractivity contribution in [3.63, 3.8) is 0 Å². The lowest BCUT2D eigenvalue weighted by atomic mass is 10.2. The number of carbonyl (C=O) groups is 1. The van der Waals surface area contributed by atoms with Crippen LogP contribution in [-0.4, -0.2) is 54.8 Å². The van der Waals surface area contributed by atoms with Crippen molar-refractivity contribution in [1.29, 1.82) is 5.26 Å². The van der Waals surface area contributed by atoms with Crippen LogP contribution in [0.25, 0.3) is 0 Å². The molecule has 96 valence electrons. The number of hydrogen-bond donors (Lipinski definition) is 1. The molecule has 3 unspecified atom stereocenters. The van der Waals surface area contributed by atoms with E-state index in [1.807, 2.05) is 0 Å². The molecule has 8 heteroatoms. The Hall–Kier alpha value is -1.17. The van der Waals surface area contributed by atoms with Crippen LogP contribution < -0.4 is 0 Å². The fraction of sp³-hybridized carbons (Fsp3) is 0.778. The third kappa shape index (κ3) is 2.57. The minimum Gasteiger partial charge on any atom is -0.480 e. The first-order valence-electron chi connectivity index (χ1n) is 5.00. The lowest BCUT2D eigenvalue weighted by molar-refractivity contribution is -0.140. The third-order valence-corrected chi connectivity index (χ3v) is 4.85. The van der Waals surface area contributed by atoms with Crippen LogP contribution in [0.3, 0.4) is 0 Å². The molecule has 0 radical (unpaired) electrons. The number of carboxylic acids is 1. The molecule has 0 aromatic carbocycles. The van der Waals surface area contributed by atoms with Gasteiger partial charge in [0.2, 0.25) is 10.0 Å². The number of carboxylic acid groups (broad SMARTS) is 1. The molecule has 0 aromatic heterocycles. The highest BCUT2D eigenvalue weighted by Gasteiger charge is 2.45. The number of sulfonamides is 1. The Morgan fingerprint density at radius 1 is 1.65 bits per heavy atom. The van der Waals surface area contributed by atoms with Crippen LogP contribution in [0.4, 0.5) is 0 Å². The second kappa shape index (κ2) is 5.00. The van der Waals surface area contributed by atoms with Crippen LogP contribution >= 0.6 is 0 Å². The first-order chi connectivity index (χ1) is 7.84. The van der Waals surface area contributed by atoms with Crippen LogP contribution in [0, 0.1) is 11.3 Å². The zero-order valence-electron chi connectivity index (χ0n) is 9.53. The van der Waals surface area contributed by atoms with Gasteiger partial charge in [0.15, 0.2) is 5.25 Å². The average molecular weight is 262 g/mol. The second-order valence-corrected chi connectivity index (χ2v) is 6.04. The lowest BCUT2D eigenvalue weighted by Gasteiger charge is -2.21. The summed E-state index contributed by atoms with van der Waals surface area (Å²) in [6.45, 7) is 1.20. The summed E-state index contributed by atoms with van der Waals surface area (Å²) in [4.78, 5) is 11.0. The predicted molar refractivity (Wildman–Crippen MR) is 57.5 cm³/mol. The zero-order valence-corrected chi connectivity index (χ0v) is 10.3. The van der Waals surface area contributed by atoms with E-state index in [-0.39, 0.29) is 13.0 Å². The monoisotopic (exact) mass is 262 g/mol. The second-order valence-electron chi connectivity index (χ2n) is 3.83. The molecule has 0 bridgehead atoms. The van der Waals surface area contributed by atoms with Crippen LogP contribution in [0.5, 0.6) is 0 Å². The molecule has 0 spiro atoms. The van der Waals surface area contributed by atoms with Gasteiger partial charge < -0.3 is 9.84 Å². The maximum absolute atomic E-state index is 11.9. The minimum atomic E-state index is -3.91. The van der Waals surface area contributed by atoms with Gasteiger partial charge in [0.25, 0.3) is 0 Å². The van der Waals surface area contributed by atoms with E-state index in [1.165, 1.54) is 14.0 Å². The number of hydrogen-bond acceptors (Lipinski definition) is 5. The van der Waals surface area contributed by atoms with E-state index >= 15 is 0 Å². The van der Waals surface area contributed by atoms with Crippen LogP contribution in [0.2, 0.25) is 0 Å². The fourth-order valence-electron chi connectivity index (χ4n) is 1.71. The van der Waals surface area contributed by atoms with Gasteiger partial charge in [-0.2, -0.15) is 9.57 Å². The fourth-order valence-corrected chi connectivity index (χ4v) is 3.16. The predicted octanol–water partition coefficient (Wildman–Crippen LogP) is -0.598. The first-order valence-corrected chi connectivity index (χ1v) is 6.50. The standard InChI is InChI=1S/C9H14N2O5S/c1-6(4-10)17(14,15)11-5-7(16-2)3-8(11)9(12)13/h6-8H,3,5H2,1-2H3,(H,12,13). The highest BCUT2D eigenvalue weighted by molar-refractivity contribution is 7.90. The van der Waals surface area contributed by atoms with Crippen molar-refractivity contribution < 1.29 is 23.1 Å². The molecule has 1 aliphatic heterocycles. The summed E-state index contributed by atoms with van der Waals surface area (Å²) < 4.78 is 29.7. The Bertz CT molecular complexity index is 441. The summed E-state index contributed by atoms with van der Waals surface area (Å²) in [5, 5.41) is 16.4. The van der Waals surface area contributed by atoms with E-state index < -0.39 is 33.4 Å². The molecule has 1 aliphatic rings. The minimum absolute atomic E-state index is 0.0260. The van der Waals surface area contributed by atoms with Gasteiger partial charge in [-0.05, 0) is 6.92 Å². The number of methoxy groups -OCH3 is 1. The molecule has 0 aromatic rings. The van der Waals surface area contributed by atoms with Crippen molar-refractivity contribution in [3.8, 4) is 6.07 Å². The maximum Gasteiger partial charge on any atom is 0.322 e. The maximum atomic E-state index is 11.9. The summed E-state index contributed by atoms with van der Waals surface area (Å²) in [6, 6.07) is 0.459. The Balaban J connectivity index is 3.04. The summed E-state index contributed by atoms with van der Waals surface area (Å²) in [5.41, 5.74) is 0. The van der Waals surface area contributed by atoms with Gasteiger partial charge in [0, 0.05) is 20.1 Å². The van der Waals surface area contributed by atoms with Gasteiger partial charge >= 0.3 is 5.97 Å². The topological polar surface area (TPSA) is 108 Å². The van der Waals surface area contributed by atoms with Crippen molar-refractivity contribution in [2.45, 2.75) is 30.7 Å². The van der Waals surface area contributed by atoms with Gasteiger partial charge in [-0.25, -0.2) is 8.42 Å². The van der Waals surface area contributed by atoms with E-state index in [1.54, 1.807) is 6.07 Å². The van der Waals surface area contributed by atoms with E-state index in [0.717, 1.165) is 4.31 Å². The number of ether oxygens (including phenoxy) is 1. The lowest BCUT2D eigenvalue weighted by Crippen LogP contribution is -2.44. The Morgan fingerprint density at radius 3 is 2.65 bits per heavy atom. The van der Waals surface area contributed by atoms with Gasteiger partial charge in [-0.3, -0.25) is 4.79 Å². The van der Waals surface area contributed by atoms with E-state index in [0.29, 0.717) is 0 Å². The van der Waals surface area contributed by atoms with Crippen molar-refractivity contribution in [3.05, 3.63) is 0 Å². The Kier molecular flexibility index (Phi) is 4.08. The molecule has 1 saturated heterocycles. The summed E-state index contributed by atoms with van der Waals surface area (Å²) in [5.74, 6) is -1.22. The van der Waals surface area contributed by atoms with Gasteiger partial charge in [0.05, 0.1) is 12.2 Å². The van der Waals surface area contributed by atoms with Gasteiger partial charge in [-0.15, -0.1) is 0 Å². The van der Waals surface area contributed by atoms with Crippen molar-refractivity contribution in [2.75, 3.05) is 13.7 Å². The van der Waals surface area contributed by atoms with Crippen molar-refractivity contribution >= 4 is 16.0 Å². The summed E-state index contributed by atoms with van der Waals surface area (Å²) in [7, 11) is -2.52. The molecule has 1 heterocycles. The highest BCUT2D eigenvalue weighted by atomic mass is 32.2. The number of nitriles is 1. The summed E-state index contributed by atoms with van der Waals surface area (Å²) >= 11 is 0. The third-order valence-electron chi connectivity index (χ3n) is 2.79. The smallest absolute Gasteiger partial charge is 0.322 e. The Labute approximate surface area is 99.6 Å². The normalized spacial score (nSPS) is 27.6.